The molecule has 2 atom stereocenters. The molecule has 28 heavy (non-hydrogen) atoms. The van der Waals surface area contributed by atoms with Crippen LogP contribution in [0.5, 0.6) is 0 Å². The first-order valence-corrected chi connectivity index (χ1v) is 8.98. The number of halogens is 4. The Hall–Kier alpha value is -2.29. The molecule has 0 bridgehead atoms. The summed E-state index contributed by atoms with van der Waals surface area (Å²) in [7, 11) is 1.48. The minimum Gasteiger partial charge on any atom is -0.439 e. The van der Waals surface area contributed by atoms with Gasteiger partial charge < -0.3 is 20.9 Å². The number of hydrogen-bond donors (Lipinski definition) is 3. The maximum Gasteiger partial charge on any atom is 0.287 e. The van der Waals surface area contributed by atoms with Crippen molar-refractivity contribution in [3.8, 4) is 0 Å². The van der Waals surface area contributed by atoms with E-state index in [1.54, 1.807) is 0 Å². The Morgan fingerprint density at radius 3 is 2.68 bits per heavy atom. The van der Waals surface area contributed by atoms with E-state index in [1.807, 2.05) is 0 Å². The van der Waals surface area contributed by atoms with Crippen LogP contribution in [0.15, 0.2) is 33.7 Å². The van der Waals surface area contributed by atoms with Gasteiger partial charge in [-0.15, -0.1) is 11.6 Å². The fourth-order valence-corrected chi connectivity index (χ4v) is 2.98. The van der Waals surface area contributed by atoms with E-state index < -0.39 is 29.0 Å². The number of nitrogens with two attached hydrogens (primary N) is 1. The molecule has 0 saturated heterocycles. The number of carbonyl (C=O) groups excluding carboxylic acids is 1. The highest BCUT2D eigenvalue weighted by atomic mass is 35.5. The molecule has 2 aromatic rings. The fraction of sp³-hybridized carbons (Fsp3) is 0.278. The molecule has 2 rings (SSSR count). The van der Waals surface area contributed by atoms with Crippen LogP contribution in [0.2, 0.25) is 5.22 Å². The van der Waals surface area contributed by atoms with Gasteiger partial charge in [0.1, 0.15) is 5.38 Å². The second-order valence-corrected chi connectivity index (χ2v) is 6.65. The van der Waals surface area contributed by atoms with E-state index >= 15 is 0 Å². The molecule has 1 aromatic carbocycles. The van der Waals surface area contributed by atoms with Crippen molar-refractivity contribution in [2.75, 3.05) is 13.6 Å². The lowest BCUT2D eigenvalue weighted by molar-refractivity contribution is 0.0910. The van der Waals surface area contributed by atoms with Gasteiger partial charge in [0, 0.05) is 31.9 Å². The number of aliphatic imine (C=N–C) groups is 1. The van der Waals surface area contributed by atoms with Crippen molar-refractivity contribution in [2.24, 2.45) is 10.7 Å². The number of nitrogens with zero attached hydrogens (tertiary/aromatic N) is 1. The van der Waals surface area contributed by atoms with Crippen molar-refractivity contribution in [3.05, 3.63) is 58.0 Å². The molecule has 2 unspecified atom stereocenters. The molecule has 0 saturated carbocycles. The maximum atomic E-state index is 13.4. The molecule has 6 nitrogen and oxygen atoms in total. The van der Waals surface area contributed by atoms with Crippen LogP contribution in [0.1, 0.15) is 21.7 Å². The smallest absolute Gasteiger partial charge is 0.287 e. The Kier molecular flexibility index (Phi) is 7.68. The molecular weight excluding hydrogens is 413 g/mol. The average molecular weight is 431 g/mol. The van der Waals surface area contributed by atoms with E-state index in [1.165, 1.54) is 19.2 Å². The summed E-state index contributed by atoms with van der Waals surface area (Å²) in [6.45, 7) is 0.0608. The standard InChI is InChI=1S/C18H18Cl2F2N4O2/c1-25-16(12(19)8-24)11-6-15(28-17(11)20)18(27)26-10(7-23)4-9-2-3-13(21)14(22)5-9/h2-3,5-6,8,10,12,24H,4,7,23H2,1H3,(H,26,27). The minimum absolute atomic E-state index is 0.0608. The van der Waals surface area contributed by atoms with Crippen molar-refractivity contribution >= 4 is 41.0 Å². The Morgan fingerprint density at radius 1 is 1.39 bits per heavy atom. The zero-order valence-corrected chi connectivity index (χ0v) is 16.3. The van der Waals surface area contributed by atoms with E-state index in [2.05, 4.69) is 10.3 Å². The second kappa shape index (κ2) is 9.77. The summed E-state index contributed by atoms with van der Waals surface area (Å²) in [5.74, 6) is -2.62. The van der Waals surface area contributed by atoms with Crippen molar-refractivity contribution in [1.29, 1.82) is 5.41 Å². The summed E-state index contributed by atoms with van der Waals surface area (Å²) in [5.41, 5.74) is 6.73. The predicted molar refractivity (Wildman–Crippen MR) is 105 cm³/mol. The zero-order chi connectivity index (χ0) is 20.8. The first kappa shape index (κ1) is 22.0. The van der Waals surface area contributed by atoms with Gasteiger partial charge in [0.25, 0.3) is 5.91 Å². The topological polar surface area (TPSA) is 104 Å². The average Bonchev–Trinajstić information content (AvgIpc) is 3.06. The van der Waals surface area contributed by atoms with Gasteiger partial charge in [-0.25, -0.2) is 8.78 Å². The molecule has 10 heteroatoms. The summed E-state index contributed by atoms with van der Waals surface area (Å²) >= 11 is 12.0. The number of alkyl halides is 1. The summed E-state index contributed by atoms with van der Waals surface area (Å²) in [5, 5.41) is 8.98. The highest BCUT2D eigenvalue weighted by molar-refractivity contribution is 6.44. The van der Waals surface area contributed by atoms with Crippen molar-refractivity contribution < 1.29 is 18.0 Å². The fourth-order valence-electron chi connectivity index (χ4n) is 2.53. The molecule has 0 fully saturated rings. The summed E-state index contributed by atoms with van der Waals surface area (Å²) < 4.78 is 31.7. The molecule has 1 aromatic heterocycles. The molecule has 0 radical (unpaired) electrons. The number of benzene rings is 1. The summed E-state index contributed by atoms with van der Waals surface area (Å²) in [4.78, 5) is 16.5. The Bertz CT molecular complexity index is 902. The lowest BCUT2D eigenvalue weighted by atomic mass is 10.1. The normalized spacial score (nSPS) is 13.9. The van der Waals surface area contributed by atoms with Gasteiger partial charge in [0.05, 0.1) is 11.3 Å². The molecule has 150 valence electrons. The highest BCUT2D eigenvalue weighted by Gasteiger charge is 2.23. The number of furan rings is 1. The molecular formula is C18H18Cl2F2N4O2. The van der Waals surface area contributed by atoms with Gasteiger partial charge in [-0.2, -0.15) is 0 Å². The molecule has 4 N–H and O–H groups in total. The van der Waals surface area contributed by atoms with Gasteiger partial charge in [-0.1, -0.05) is 6.07 Å². The monoisotopic (exact) mass is 430 g/mol. The largest absolute Gasteiger partial charge is 0.439 e. The molecule has 0 aliphatic rings. The van der Waals surface area contributed by atoms with Gasteiger partial charge in [-0.3, -0.25) is 9.79 Å². The number of carbonyl (C=O) groups is 1. The first-order chi connectivity index (χ1) is 13.3. The van der Waals surface area contributed by atoms with Gasteiger partial charge in [0.2, 0.25) is 5.22 Å². The Labute approximate surface area is 170 Å². The third-order valence-electron chi connectivity index (χ3n) is 3.92. The first-order valence-electron chi connectivity index (χ1n) is 8.16. The van der Waals surface area contributed by atoms with Crippen molar-refractivity contribution in [2.45, 2.75) is 17.8 Å². The number of nitrogens with one attached hydrogen (secondary N) is 2. The summed E-state index contributed by atoms with van der Waals surface area (Å²) in [6.07, 6.45) is 1.17. The van der Waals surface area contributed by atoms with Crippen LogP contribution in [-0.4, -0.2) is 42.8 Å². The van der Waals surface area contributed by atoms with Crippen LogP contribution in [0.25, 0.3) is 0 Å². The minimum atomic E-state index is -0.977. The number of amides is 1. The SMILES string of the molecule is CN=C(c1cc(C(=O)NC(CN)Cc2ccc(F)c(F)c2)oc1Cl)C(Cl)C=N. The molecule has 0 aliphatic carbocycles. The van der Waals surface area contributed by atoms with Crippen LogP contribution in [0.3, 0.4) is 0 Å². The van der Waals surface area contributed by atoms with Crippen LogP contribution < -0.4 is 11.1 Å². The van der Waals surface area contributed by atoms with Crippen LogP contribution >= 0.6 is 23.2 Å². The van der Waals surface area contributed by atoms with E-state index in [0.717, 1.165) is 18.3 Å². The van der Waals surface area contributed by atoms with E-state index in [9.17, 15) is 13.6 Å². The van der Waals surface area contributed by atoms with Crippen molar-refractivity contribution in [1.82, 2.24) is 5.32 Å². The number of hydrogen-bond acceptors (Lipinski definition) is 5. The summed E-state index contributed by atoms with van der Waals surface area (Å²) in [6, 6.07) is 4.29. The molecule has 1 heterocycles. The van der Waals surface area contributed by atoms with Crippen molar-refractivity contribution in [3.63, 3.8) is 0 Å². The Balaban J connectivity index is 2.15. The third kappa shape index (κ3) is 5.15. The second-order valence-electron chi connectivity index (χ2n) is 5.83. The third-order valence-corrected chi connectivity index (χ3v) is 4.53. The van der Waals surface area contributed by atoms with Crippen LogP contribution in [0.4, 0.5) is 8.78 Å². The predicted octanol–water partition coefficient (Wildman–Crippen LogP) is 3.19. The molecule has 0 aliphatic heterocycles. The zero-order valence-electron chi connectivity index (χ0n) is 14.8. The quantitative estimate of drug-likeness (QED) is 0.442. The highest BCUT2D eigenvalue weighted by Crippen LogP contribution is 2.24. The molecule has 0 spiro atoms. The maximum absolute atomic E-state index is 13.4. The Morgan fingerprint density at radius 2 is 2.11 bits per heavy atom. The van der Waals surface area contributed by atoms with Gasteiger partial charge in [0.15, 0.2) is 17.4 Å². The van der Waals surface area contributed by atoms with Gasteiger partial charge in [-0.05, 0) is 35.7 Å². The lowest BCUT2D eigenvalue weighted by Crippen LogP contribution is -2.41. The van der Waals surface area contributed by atoms with Crippen LogP contribution in [-0.2, 0) is 6.42 Å². The molecule has 1 amide bonds. The van der Waals surface area contributed by atoms with Crippen LogP contribution in [0, 0.1) is 17.0 Å². The van der Waals surface area contributed by atoms with Gasteiger partial charge >= 0.3 is 0 Å². The lowest BCUT2D eigenvalue weighted by Gasteiger charge is -2.16. The van der Waals surface area contributed by atoms with E-state index in [0.29, 0.717) is 11.1 Å². The number of rotatable bonds is 8. The van der Waals surface area contributed by atoms with E-state index in [-0.39, 0.29) is 29.7 Å². The van der Waals surface area contributed by atoms with E-state index in [4.69, 9.17) is 38.8 Å².